The van der Waals surface area contributed by atoms with Gasteiger partial charge in [-0.2, -0.15) is 9.78 Å². The maximum atomic E-state index is 12.4. The van der Waals surface area contributed by atoms with Gasteiger partial charge >= 0.3 is 12.0 Å². The Balaban J connectivity index is 1.89. The standard InChI is InChI=1S/C16H13N5O3/c17-16(23)21-10-11(9-20-21)15(22)24-14(12-5-1-3-7-18-12)13-6-2-4-8-19-13/h1-10,14H,(H2,17,23). The lowest BCUT2D eigenvalue weighted by atomic mass is 10.1. The summed E-state index contributed by atoms with van der Waals surface area (Å²) in [6.45, 7) is 0. The molecule has 0 bridgehead atoms. The van der Waals surface area contributed by atoms with E-state index in [9.17, 15) is 9.59 Å². The van der Waals surface area contributed by atoms with Gasteiger partial charge in [0.25, 0.3) is 0 Å². The van der Waals surface area contributed by atoms with E-state index in [2.05, 4.69) is 15.1 Å². The first-order chi connectivity index (χ1) is 11.6. The third kappa shape index (κ3) is 3.27. The molecule has 8 heteroatoms. The van der Waals surface area contributed by atoms with E-state index >= 15 is 0 Å². The minimum absolute atomic E-state index is 0.102. The summed E-state index contributed by atoms with van der Waals surface area (Å²) in [6, 6.07) is 9.78. The largest absolute Gasteiger partial charge is 0.446 e. The molecule has 0 aromatic carbocycles. The fraction of sp³-hybridized carbons (Fsp3) is 0.0625. The van der Waals surface area contributed by atoms with Gasteiger partial charge in [0.2, 0.25) is 0 Å². The van der Waals surface area contributed by atoms with Crippen molar-refractivity contribution >= 4 is 12.0 Å². The van der Waals surface area contributed by atoms with E-state index in [1.165, 1.54) is 12.4 Å². The molecule has 0 unspecified atom stereocenters. The van der Waals surface area contributed by atoms with Gasteiger partial charge in [-0.1, -0.05) is 12.1 Å². The zero-order valence-electron chi connectivity index (χ0n) is 12.4. The van der Waals surface area contributed by atoms with Gasteiger partial charge in [0, 0.05) is 12.4 Å². The molecule has 0 spiro atoms. The van der Waals surface area contributed by atoms with Crippen molar-refractivity contribution in [2.24, 2.45) is 5.73 Å². The third-order valence-corrected chi connectivity index (χ3v) is 3.18. The summed E-state index contributed by atoms with van der Waals surface area (Å²) in [5, 5.41) is 3.70. The molecule has 0 aliphatic heterocycles. The van der Waals surface area contributed by atoms with Crippen LogP contribution >= 0.6 is 0 Å². The van der Waals surface area contributed by atoms with Crippen LogP contribution < -0.4 is 5.73 Å². The molecule has 0 saturated heterocycles. The highest BCUT2D eigenvalue weighted by Gasteiger charge is 2.23. The van der Waals surface area contributed by atoms with Crippen LogP contribution in [0.2, 0.25) is 0 Å². The molecule has 0 fully saturated rings. The van der Waals surface area contributed by atoms with E-state index in [0.29, 0.717) is 11.4 Å². The molecule has 0 aliphatic carbocycles. The second-order valence-corrected chi connectivity index (χ2v) is 4.81. The minimum Gasteiger partial charge on any atom is -0.446 e. The first-order valence-electron chi connectivity index (χ1n) is 7.02. The quantitative estimate of drug-likeness (QED) is 0.729. The highest BCUT2D eigenvalue weighted by atomic mass is 16.5. The Labute approximate surface area is 136 Å². The molecule has 3 aromatic rings. The lowest BCUT2D eigenvalue weighted by Crippen LogP contribution is -2.20. The first kappa shape index (κ1) is 15.3. The SMILES string of the molecule is NC(=O)n1cc(C(=O)OC(c2ccccn2)c2ccccn2)cn1. The van der Waals surface area contributed by atoms with Crippen LogP contribution in [0.3, 0.4) is 0 Å². The number of rotatable bonds is 4. The molecule has 3 aromatic heterocycles. The maximum Gasteiger partial charge on any atom is 0.342 e. The van der Waals surface area contributed by atoms with Crippen LogP contribution in [0.25, 0.3) is 0 Å². The molecular formula is C16H13N5O3. The van der Waals surface area contributed by atoms with Crippen LogP contribution in [0.5, 0.6) is 0 Å². The molecule has 0 aliphatic rings. The molecule has 0 atom stereocenters. The average Bonchev–Trinajstić information content (AvgIpc) is 3.11. The Kier molecular flexibility index (Phi) is 4.28. The highest BCUT2D eigenvalue weighted by molar-refractivity contribution is 5.90. The van der Waals surface area contributed by atoms with E-state index in [4.69, 9.17) is 10.5 Å². The van der Waals surface area contributed by atoms with Crippen LogP contribution in [0.4, 0.5) is 4.79 Å². The van der Waals surface area contributed by atoms with E-state index in [-0.39, 0.29) is 5.56 Å². The van der Waals surface area contributed by atoms with Crippen molar-refractivity contribution in [1.29, 1.82) is 0 Å². The summed E-state index contributed by atoms with van der Waals surface area (Å²) in [6.07, 6.45) is 4.84. The molecular weight excluding hydrogens is 310 g/mol. The normalized spacial score (nSPS) is 10.5. The van der Waals surface area contributed by atoms with Gasteiger partial charge in [-0.25, -0.2) is 9.59 Å². The van der Waals surface area contributed by atoms with Gasteiger partial charge < -0.3 is 10.5 Å². The van der Waals surface area contributed by atoms with Crippen LogP contribution in [-0.2, 0) is 4.74 Å². The maximum absolute atomic E-state index is 12.4. The number of nitrogens with zero attached hydrogens (tertiary/aromatic N) is 4. The zero-order chi connectivity index (χ0) is 16.9. The smallest absolute Gasteiger partial charge is 0.342 e. The van der Waals surface area contributed by atoms with Crippen molar-refractivity contribution in [3.63, 3.8) is 0 Å². The van der Waals surface area contributed by atoms with Gasteiger partial charge in [0.05, 0.1) is 29.3 Å². The Hall–Kier alpha value is -3.55. The fourth-order valence-corrected chi connectivity index (χ4v) is 2.06. The topological polar surface area (TPSA) is 113 Å². The zero-order valence-corrected chi connectivity index (χ0v) is 12.4. The van der Waals surface area contributed by atoms with Gasteiger partial charge in [-0.3, -0.25) is 9.97 Å². The van der Waals surface area contributed by atoms with Crippen molar-refractivity contribution in [2.45, 2.75) is 6.10 Å². The number of hydrogen-bond donors (Lipinski definition) is 1. The average molecular weight is 323 g/mol. The molecule has 3 rings (SSSR count). The van der Waals surface area contributed by atoms with Crippen molar-refractivity contribution in [3.8, 4) is 0 Å². The minimum atomic E-state index is -0.792. The Morgan fingerprint density at radius 1 is 1.04 bits per heavy atom. The predicted molar refractivity (Wildman–Crippen MR) is 82.9 cm³/mol. The summed E-state index contributed by atoms with van der Waals surface area (Å²) in [7, 11) is 0. The van der Waals surface area contributed by atoms with Gasteiger partial charge in [0.15, 0.2) is 6.10 Å². The predicted octanol–water partition coefficient (Wildman–Crippen LogP) is 1.55. The van der Waals surface area contributed by atoms with Crippen molar-refractivity contribution in [3.05, 3.63) is 78.1 Å². The number of carbonyl (C=O) groups is 2. The molecule has 24 heavy (non-hydrogen) atoms. The van der Waals surface area contributed by atoms with Crippen LogP contribution in [0.1, 0.15) is 27.8 Å². The van der Waals surface area contributed by atoms with E-state index < -0.39 is 18.1 Å². The summed E-state index contributed by atoms with van der Waals surface area (Å²) in [4.78, 5) is 31.9. The molecule has 2 N–H and O–H groups in total. The van der Waals surface area contributed by atoms with E-state index in [1.54, 1.807) is 48.8 Å². The number of hydrogen-bond acceptors (Lipinski definition) is 6. The molecule has 120 valence electrons. The van der Waals surface area contributed by atoms with Crippen LogP contribution in [-0.4, -0.2) is 31.7 Å². The molecule has 8 nitrogen and oxygen atoms in total. The lowest BCUT2D eigenvalue weighted by molar-refractivity contribution is 0.0363. The molecule has 1 amide bonds. The number of pyridine rings is 2. The number of primary amides is 1. The second kappa shape index (κ2) is 6.69. The third-order valence-electron chi connectivity index (χ3n) is 3.18. The fourth-order valence-electron chi connectivity index (χ4n) is 2.06. The van der Waals surface area contributed by atoms with Crippen LogP contribution in [0.15, 0.2) is 61.2 Å². The van der Waals surface area contributed by atoms with Gasteiger partial charge in [0.1, 0.15) is 0 Å². The van der Waals surface area contributed by atoms with E-state index in [1.807, 2.05) is 0 Å². The highest BCUT2D eigenvalue weighted by Crippen LogP contribution is 2.23. The Bertz CT molecular complexity index is 809. The van der Waals surface area contributed by atoms with Crippen molar-refractivity contribution < 1.29 is 14.3 Å². The van der Waals surface area contributed by atoms with Gasteiger partial charge in [-0.15, -0.1) is 0 Å². The molecule has 3 heterocycles. The second-order valence-electron chi connectivity index (χ2n) is 4.81. The number of nitrogens with two attached hydrogens (primary N) is 1. The molecule has 0 saturated carbocycles. The number of amides is 1. The summed E-state index contributed by atoms with van der Waals surface area (Å²) >= 11 is 0. The summed E-state index contributed by atoms with van der Waals surface area (Å²) in [5.41, 5.74) is 6.27. The monoisotopic (exact) mass is 323 g/mol. The number of ether oxygens (including phenoxy) is 1. The van der Waals surface area contributed by atoms with Crippen molar-refractivity contribution in [1.82, 2.24) is 19.7 Å². The lowest BCUT2D eigenvalue weighted by Gasteiger charge is -2.16. The van der Waals surface area contributed by atoms with Gasteiger partial charge in [-0.05, 0) is 24.3 Å². The summed E-state index contributed by atoms with van der Waals surface area (Å²) in [5.74, 6) is -0.663. The number of esters is 1. The van der Waals surface area contributed by atoms with Crippen LogP contribution in [0, 0.1) is 0 Å². The molecule has 0 radical (unpaired) electrons. The number of aromatic nitrogens is 4. The van der Waals surface area contributed by atoms with E-state index in [0.717, 1.165) is 4.68 Å². The first-order valence-corrected chi connectivity index (χ1v) is 7.02. The summed E-state index contributed by atoms with van der Waals surface area (Å²) < 4.78 is 6.39. The Morgan fingerprint density at radius 2 is 1.67 bits per heavy atom. The van der Waals surface area contributed by atoms with Crippen molar-refractivity contribution in [2.75, 3.05) is 0 Å². The number of carbonyl (C=O) groups excluding carboxylic acids is 2. The Morgan fingerprint density at radius 3 is 2.12 bits per heavy atom.